The second-order valence-corrected chi connectivity index (χ2v) is 7.03. The second kappa shape index (κ2) is 7.36. The number of nitrogens with zero attached hydrogens (tertiary/aromatic N) is 2. The molecule has 1 aliphatic heterocycles. The van der Waals surface area contributed by atoms with Crippen molar-refractivity contribution < 1.29 is 9.53 Å². The molecule has 1 aliphatic rings. The van der Waals surface area contributed by atoms with Gasteiger partial charge in [-0.3, -0.25) is 9.36 Å². The Bertz CT molecular complexity index is 791. The first-order valence-corrected chi connectivity index (χ1v) is 9.03. The molecule has 1 atom stereocenters. The largest absolute Gasteiger partial charge is 0.376 e. The molecular weight excluding hydrogens is 326 g/mol. The van der Waals surface area contributed by atoms with E-state index >= 15 is 0 Å². The van der Waals surface area contributed by atoms with Gasteiger partial charge in [-0.1, -0.05) is 35.5 Å². The Labute approximate surface area is 144 Å². The molecule has 1 N–H and O–H groups in total. The van der Waals surface area contributed by atoms with Gasteiger partial charge in [-0.25, -0.2) is 9.89 Å². The molecule has 0 aliphatic carbocycles. The zero-order valence-corrected chi connectivity index (χ0v) is 14.7. The molecule has 0 spiro atoms. The van der Waals surface area contributed by atoms with Crippen molar-refractivity contribution in [3.63, 3.8) is 0 Å². The first-order valence-electron chi connectivity index (χ1n) is 8.04. The third kappa shape index (κ3) is 3.79. The van der Waals surface area contributed by atoms with E-state index < -0.39 is 0 Å². The van der Waals surface area contributed by atoms with Crippen LogP contribution in [0, 0.1) is 13.8 Å². The molecule has 2 heterocycles. The average Bonchev–Trinajstić information content (AvgIpc) is 3.17. The number of H-pyrrole nitrogens is 1. The fourth-order valence-electron chi connectivity index (χ4n) is 2.90. The Morgan fingerprint density at radius 3 is 3.00 bits per heavy atom. The van der Waals surface area contributed by atoms with Gasteiger partial charge in [-0.05, 0) is 32.3 Å². The Morgan fingerprint density at radius 1 is 1.46 bits per heavy atom. The molecule has 3 rings (SSSR count). The average molecular weight is 347 g/mol. The highest BCUT2D eigenvalue weighted by Crippen LogP contribution is 2.20. The maximum absolute atomic E-state index is 12.4. The molecule has 0 amide bonds. The minimum absolute atomic E-state index is 0.0385. The highest BCUT2D eigenvalue weighted by atomic mass is 32.2. The van der Waals surface area contributed by atoms with Gasteiger partial charge in [0.2, 0.25) is 0 Å². The van der Waals surface area contributed by atoms with E-state index in [4.69, 9.17) is 4.74 Å². The van der Waals surface area contributed by atoms with E-state index in [0.717, 1.165) is 36.1 Å². The zero-order chi connectivity index (χ0) is 17.1. The number of carbonyl (C=O) groups is 1. The van der Waals surface area contributed by atoms with Crippen LogP contribution in [0.4, 0.5) is 0 Å². The van der Waals surface area contributed by atoms with Crippen LogP contribution in [-0.2, 0) is 11.3 Å². The number of ether oxygens (including phenoxy) is 1. The van der Waals surface area contributed by atoms with E-state index in [2.05, 4.69) is 10.2 Å². The minimum atomic E-state index is -0.257. The fourth-order valence-corrected chi connectivity index (χ4v) is 3.74. The first-order chi connectivity index (χ1) is 11.5. The number of ketones is 1. The molecule has 1 aromatic carbocycles. The number of hydrogen-bond acceptors (Lipinski definition) is 5. The third-order valence-corrected chi connectivity index (χ3v) is 5.12. The number of carbonyl (C=O) groups excluding carboxylic acids is 1. The summed E-state index contributed by atoms with van der Waals surface area (Å²) in [5.74, 6) is 0.288. The predicted molar refractivity (Wildman–Crippen MR) is 92.8 cm³/mol. The summed E-state index contributed by atoms with van der Waals surface area (Å²) >= 11 is 1.28. The lowest BCUT2D eigenvalue weighted by molar-refractivity contribution is 0.0941. The lowest BCUT2D eigenvalue weighted by Crippen LogP contribution is -2.25. The zero-order valence-electron chi connectivity index (χ0n) is 13.9. The summed E-state index contributed by atoms with van der Waals surface area (Å²) in [4.78, 5) is 24.4. The van der Waals surface area contributed by atoms with Gasteiger partial charge in [-0.15, -0.1) is 5.10 Å². The highest BCUT2D eigenvalue weighted by Gasteiger charge is 2.20. The van der Waals surface area contributed by atoms with Crippen LogP contribution in [0.1, 0.15) is 34.3 Å². The number of nitrogens with one attached hydrogen (secondary N) is 1. The maximum atomic E-state index is 12.4. The van der Waals surface area contributed by atoms with Crippen LogP contribution in [-0.4, -0.2) is 39.0 Å². The maximum Gasteiger partial charge on any atom is 0.344 e. The molecule has 128 valence electrons. The van der Waals surface area contributed by atoms with E-state index in [0.29, 0.717) is 11.7 Å². The Hall–Kier alpha value is -1.86. The van der Waals surface area contributed by atoms with E-state index in [9.17, 15) is 9.59 Å². The van der Waals surface area contributed by atoms with E-state index in [-0.39, 0.29) is 23.3 Å². The van der Waals surface area contributed by atoms with Crippen molar-refractivity contribution in [3.8, 4) is 0 Å². The van der Waals surface area contributed by atoms with Gasteiger partial charge in [0, 0.05) is 12.2 Å². The quantitative estimate of drug-likeness (QED) is 0.641. The van der Waals surface area contributed by atoms with Crippen molar-refractivity contribution in [3.05, 3.63) is 45.4 Å². The normalized spacial score (nSPS) is 17.3. The molecule has 24 heavy (non-hydrogen) atoms. The number of Topliss-reactive ketones (excluding diaryl/α,β-unsaturated/α-hetero) is 1. The van der Waals surface area contributed by atoms with E-state index in [1.807, 2.05) is 32.0 Å². The van der Waals surface area contributed by atoms with Gasteiger partial charge < -0.3 is 4.74 Å². The molecular formula is C17H21N3O3S. The summed E-state index contributed by atoms with van der Waals surface area (Å²) in [6, 6.07) is 5.80. The third-order valence-electron chi connectivity index (χ3n) is 4.15. The number of rotatable bonds is 6. The van der Waals surface area contributed by atoms with Gasteiger partial charge in [0.25, 0.3) is 0 Å². The van der Waals surface area contributed by atoms with Gasteiger partial charge in [-0.2, -0.15) is 0 Å². The minimum Gasteiger partial charge on any atom is -0.376 e. The number of aryl methyl sites for hydroxylation is 2. The lowest BCUT2D eigenvalue weighted by Gasteiger charge is -2.11. The number of benzene rings is 1. The smallest absolute Gasteiger partial charge is 0.344 e. The Morgan fingerprint density at radius 2 is 2.29 bits per heavy atom. The van der Waals surface area contributed by atoms with E-state index in [1.54, 1.807) is 4.57 Å². The lowest BCUT2D eigenvalue weighted by atomic mass is 10.0. The number of aromatic amines is 1. The topological polar surface area (TPSA) is 77.0 Å². The molecule has 1 fully saturated rings. The fraction of sp³-hybridized carbons (Fsp3) is 0.471. The van der Waals surface area contributed by atoms with Crippen LogP contribution in [0.15, 0.2) is 28.2 Å². The summed E-state index contributed by atoms with van der Waals surface area (Å²) in [7, 11) is 0. The summed E-state index contributed by atoms with van der Waals surface area (Å²) in [6.07, 6.45) is 2.02. The number of aromatic nitrogens is 3. The van der Waals surface area contributed by atoms with Gasteiger partial charge in [0.05, 0.1) is 18.4 Å². The van der Waals surface area contributed by atoms with Gasteiger partial charge in [0.1, 0.15) is 0 Å². The summed E-state index contributed by atoms with van der Waals surface area (Å²) in [5, 5.41) is 7.04. The number of thioether (sulfide) groups is 1. The standard InChI is InChI=1S/C17H21N3O3S/c1-11-5-6-14(12(2)8-11)15(21)10-24-17-19-18-16(22)20(17)9-13-4-3-7-23-13/h5-6,8,13H,3-4,7,9-10H2,1-2H3,(H,18,22)/t13-/m0/s1. The summed E-state index contributed by atoms with van der Waals surface area (Å²) in [6.45, 7) is 5.16. The molecule has 2 aromatic rings. The number of hydrogen-bond donors (Lipinski definition) is 1. The molecule has 1 aromatic heterocycles. The monoisotopic (exact) mass is 347 g/mol. The molecule has 0 saturated carbocycles. The molecule has 0 bridgehead atoms. The van der Waals surface area contributed by atoms with Crippen LogP contribution in [0.2, 0.25) is 0 Å². The van der Waals surface area contributed by atoms with Crippen LogP contribution >= 0.6 is 11.8 Å². The van der Waals surface area contributed by atoms with Crippen molar-refractivity contribution in [1.29, 1.82) is 0 Å². The first kappa shape index (κ1) is 17.0. The molecule has 0 unspecified atom stereocenters. The van der Waals surface area contributed by atoms with Crippen molar-refractivity contribution in [2.24, 2.45) is 0 Å². The van der Waals surface area contributed by atoms with Crippen LogP contribution < -0.4 is 5.69 Å². The van der Waals surface area contributed by atoms with Crippen LogP contribution in [0.3, 0.4) is 0 Å². The molecule has 7 heteroatoms. The van der Waals surface area contributed by atoms with Gasteiger partial charge in [0.15, 0.2) is 10.9 Å². The molecule has 1 saturated heterocycles. The highest BCUT2D eigenvalue weighted by molar-refractivity contribution is 7.99. The Balaban J connectivity index is 1.68. The van der Waals surface area contributed by atoms with Crippen molar-refractivity contribution >= 4 is 17.5 Å². The SMILES string of the molecule is Cc1ccc(C(=O)CSc2n[nH]c(=O)n2C[C@@H]2CCCO2)c(C)c1. The Kier molecular flexibility index (Phi) is 5.20. The van der Waals surface area contributed by atoms with Crippen molar-refractivity contribution in [2.75, 3.05) is 12.4 Å². The molecule has 6 nitrogen and oxygen atoms in total. The van der Waals surface area contributed by atoms with E-state index in [1.165, 1.54) is 11.8 Å². The second-order valence-electron chi connectivity index (χ2n) is 6.09. The predicted octanol–water partition coefficient (Wildman–Crippen LogP) is 2.34. The van der Waals surface area contributed by atoms with Crippen molar-refractivity contribution in [1.82, 2.24) is 14.8 Å². The summed E-state index contributed by atoms with van der Waals surface area (Å²) < 4.78 is 7.15. The van der Waals surface area contributed by atoms with Crippen LogP contribution in [0.5, 0.6) is 0 Å². The van der Waals surface area contributed by atoms with Crippen LogP contribution in [0.25, 0.3) is 0 Å². The summed E-state index contributed by atoms with van der Waals surface area (Å²) in [5.41, 5.74) is 2.57. The van der Waals surface area contributed by atoms with Gasteiger partial charge >= 0.3 is 5.69 Å². The molecule has 0 radical (unpaired) electrons. The van der Waals surface area contributed by atoms with Crippen molar-refractivity contribution in [2.45, 2.75) is 44.5 Å².